The fourth-order valence-corrected chi connectivity index (χ4v) is 2.56. The van der Waals surface area contributed by atoms with Crippen LogP contribution in [0.3, 0.4) is 0 Å². The molecule has 0 aliphatic heterocycles. The highest BCUT2D eigenvalue weighted by Crippen LogP contribution is 2.28. The SMILES string of the molecule is O=C(COc1ccc([N+](=O)[O-])cc1Cl)Nc1ccc2ccccc2c1. The first-order valence-electron chi connectivity index (χ1n) is 7.38. The number of non-ortho nitro benzene ring substituents is 1. The Morgan fingerprint density at radius 2 is 1.84 bits per heavy atom. The van der Waals surface area contributed by atoms with E-state index in [4.69, 9.17) is 16.3 Å². The number of nitro groups is 1. The molecule has 0 atom stereocenters. The number of fused-ring (bicyclic) bond motifs is 1. The molecule has 3 rings (SSSR count). The lowest BCUT2D eigenvalue weighted by molar-refractivity contribution is -0.384. The minimum atomic E-state index is -0.553. The van der Waals surface area contributed by atoms with Gasteiger partial charge >= 0.3 is 0 Å². The number of carbonyl (C=O) groups excluding carboxylic acids is 1. The molecule has 7 heteroatoms. The van der Waals surface area contributed by atoms with Crippen molar-refractivity contribution >= 4 is 39.7 Å². The van der Waals surface area contributed by atoms with Crippen molar-refractivity contribution in [2.75, 3.05) is 11.9 Å². The molecule has 0 saturated heterocycles. The molecule has 0 heterocycles. The van der Waals surface area contributed by atoms with Crippen LogP contribution in [0.5, 0.6) is 5.75 Å². The van der Waals surface area contributed by atoms with Crippen molar-refractivity contribution in [3.63, 3.8) is 0 Å². The number of rotatable bonds is 5. The molecule has 0 fully saturated rings. The predicted octanol–water partition coefficient (Wildman–Crippen LogP) is 4.42. The van der Waals surface area contributed by atoms with E-state index in [-0.39, 0.29) is 29.0 Å². The molecular weight excluding hydrogens is 344 g/mol. The second-order valence-electron chi connectivity index (χ2n) is 5.27. The Morgan fingerprint density at radius 1 is 1.08 bits per heavy atom. The molecule has 0 aliphatic carbocycles. The molecule has 0 aromatic heterocycles. The molecule has 0 spiro atoms. The average molecular weight is 357 g/mol. The Balaban J connectivity index is 1.63. The first-order chi connectivity index (χ1) is 12.0. The Bertz CT molecular complexity index is 959. The van der Waals surface area contributed by atoms with Crippen molar-refractivity contribution < 1.29 is 14.5 Å². The summed E-state index contributed by atoms with van der Waals surface area (Å²) in [6, 6.07) is 17.2. The van der Waals surface area contributed by atoms with Gasteiger partial charge in [0.15, 0.2) is 6.61 Å². The van der Waals surface area contributed by atoms with Gasteiger partial charge < -0.3 is 10.1 Å². The third kappa shape index (κ3) is 4.05. The van der Waals surface area contributed by atoms with Gasteiger partial charge in [0.25, 0.3) is 11.6 Å². The Hall–Kier alpha value is -3.12. The minimum Gasteiger partial charge on any atom is -0.482 e. The molecule has 1 amide bonds. The van der Waals surface area contributed by atoms with E-state index in [9.17, 15) is 14.9 Å². The highest BCUT2D eigenvalue weighted by atomic mass is 35.5. The maximum absolute atomic E-state index is 12.0. The van der Waals surface area contributed by atoms with Crippen LogP contribution >= 0.6 is 11.6 Å². The highest BCUT2D eigenvalue weighted by Gasteiger charge is 2.12. The summed E-state index contributed by atoms with van der Waals surface area (Å²) in [6.07, 6.45) is 0. The van der Waals surface area contributed by atoms with E-state index in [1.807, 2.05) is 36.4 Å². The van der Waals surface area contributed by atoms with Gasteiger partial charge in [0.1, 0.15) is 5.75 Å². The third-order valence-corrected chi connectivity index (χ3v) is 3.81. The number of nitro benzene ring substituents is 1. The maximum Gasteiger partial charge on any atom is 0.271 e. The Kier molecular flexibility index (Phi) is 4.81. The van der Waals surface area contributed by atoms with Gasteiger partial charge in [-0.1, -0.05) is 41.9 Å². The number of nitrogens with zero attached hydrogens (tertiary/aromatic N) is 1. The van der Waals surface area contributed by atoms with E-state index in [2.05, 4.69) is 5.32 Å². The molecule has 25 heavy (non-hydrogen) atoms. The van der Waals surface area contributed by atoms with Crippen molar-refractivity contribution in [3.05, 3.63) is 75.8 Å². The molecule has 0 aliphatic rings. The predicted molar refractivity (Wildman–Crippen MR) is 96.2 cm³/mol. The van der Waals surface area contributed by atoms with Gasteiger partial charge in [-0.2, -0.15) is 0 Å². The summed E-state index contributed by atoms with van der Waals surface area (Å²) in [5, 5.41) is 15.6. The number of hydrogen-bond donors (Lipinski definition) is 1. The lowest BCUT2D eigenvalue weighted by Crippen LogP contribution is -2.20. The monoisotopic (exact) mass is 356 g/mol. The number of amides is 1. The van der Waals surface area contributed by atoms with Crippen molar-refractivity contribution in [3.8, 4) is 5.75 Å². The second-order valence-corrected chi connectivity index (χ2v) is 5.68. The first-order valence-corrected chi connectivity index (χ1v) is 7.76. The lowest BCUT2D eigenvalue weighted by Gasteiger charge is -2.09. The topological polar surface area (TPSA) is 81.5 Å². The van der Waals surface area contributed by atoms with Crippen LogP contribution in [0.4, 0.5) is 11.4 Å². The van der Waals surface area contributed by atoms with Gasteiger partial charge in [-0.15, -0.1) is 0 Å². The summed E-state index contributed by atoms with van der Waals surface area (Å²) in [4.78, 5) is 22.1. The molecule has 1 N–H and O–H groups in total. The summed E-state index contributed by atoms with van der Waals surface area (Å²) >= 11 is 5.92. The Morgan fingerprint density at radius 3 is 2.56 bits per heavy atom. The Labute approximate surface area is 148 Å². The number of nitrogens with one attached hydrogen (secondary N) is 1. The summed E-state index contributed by atoms with van der Waals surface area (Å²) in [5.41, 5.74) is 0.514. The summed E-state index contributed by atoms with van der Waals surface area (Å²) in [6.45, 7) is -0.260. The molecule has 0 bridgehead atoms. The van der Waals surface area contributed by atoms with Crippen molar-refractivity contribution in [2.45, 2.75) is 0 Å². The number of hydrogen-bond acceptors (Lipinski definition) is 4. The van der Waals surface area contributed by atoms with E-state index in [0.29, 0.717) is 5.69 Å². The zero-order valence-corrected chi connectivity index (χ0v) is 13.7. The van der Waals surface area contributed by atoms with Gasteiger partial charge in [0.2, 0.25) is 0 Å². The largest absolute Gasteiger partial charge is 0.482 e. The van der Waals surface area contributed by atoms with Gasteiger partial charge in [0.05, 0.1) is 9.95 Å². The van der Waals surface area contributed by atoms with Gasteiger partial charge in [-0.3, -0.25) is 14.9 Å². The smallest absolute Gasteiger partial charge is 0.271 e. The zero-order chi connectivity index (χ0) is 17.8. The fourth-order valence-electron chi connectivity index (χ4n) is 2.33. The van der Waals surface area contributed by atoms with Gasteiger partial charge in [-0.05, 0) is 29.0 Å². The number of carbonyl (C=O) groups is 1. The van der Waals surface area contributed by atoms with Crippen molar-refractivity contribution in [2.24, 2.45) is 0 Å². The highest BCUT2D eigenvalue weighted by molar-refractivity contribution is 6.32. The van der Waals surface area contributed by atoms with Crippen LogP contribution in [0.15, 0.2) is 60.7 Å². The molecule has 3 aromatic carbocycles. The maximum atomic E-state index is 12.0. The number of ether oxygens (including phenoxy) is 1. The van der Waals surface area contributed by atoms with Crippen LogP contribution in [0, 0.1) is 10.1 Å². The number of anilines is 1. The quantitative estimate of drug-likeness (QED) is 0.542. The van der Waals surface area contributed by atoms with Crippen LogP contribution in [0.25, 0.3) is 10.8 Å². The third-order valence-electron chi connectivity index (χ3n) is 3.52. The van der Waals surface area contributed by atoms with Crippen LogP contribution in [0.1, 0.15) is 0 Å². The second kappa shape index (κ2) is 7.19. The summed E-state index contributed by atoms with van der Waals surface area (Å²) in [7, 11) is 0. The van der Waals surface area contributed by atoms with E-state index >= 15 is 0 Å². The molecule has 0 saturated carbocycles. The first kappa shape index (κ1) is 16.7. The van der Waals surface area contributed by atoms with Crippen molar-refractivity contribution in [1.29, 1.82) is 0 Å². The molecule has 0 unspecified atom stereocenters. The van der Waals surface area contributed by atoms with Crippen LogP contribution in [0.2, 0.25) is 5.02 Å². The minimum absolute atomic E-state index is 0.0766. The lowest BCUT2D eigenvalue weighted by atomic mass is 10.1. The standard InChI is InChI=1S/C18H13ClN2O4/c19-16-10-15(21(23)24)7-8-17(16)25-11-18(22)20-14-6-5-12-3-1-2-4-13(12)9-14/h1-10H,11H2,(H,20,22). The summed E-state index contributed by atoms with van der Waals surface area (Å²) in [5.74, 6) is -0.148. The molecule has 0 radical (unpaired) electrons. The molecule has 6 nitrogen and oxygen atoms in total. The molecular formula is C18H13ClN2O4. The normalized spacial score (nSPS) is 10.4. The van der Waals surface area contributed by atoms with Crippen LogP contribution in [-0.2, 0) is 4.79 Å². The zero-order valence-electron chi connectivity index (χ0n) is 12.9. The number of halogens is 1. The van der Waals surface area contributed by atoms with Gasteiger partial charge in [-0.25, -0.2) is 0 Å². The van der Waals surface area contributed by atoms with Crippen LogP contribution in [-0.4, -0.2) is 17.4 Å². The molecule has 3 aromatic rings. The number of benzene rings is 3. The fraction of sp³-hybridized carbons (Fsp3) is 0.0556. The van der Waals surface area contributed by atoms with E-state index in [0.717, 1.165) is 10.8 Å². The van der Waals surface area contributed by atoms with E-state index in [1.165, 1.54) is 18.2 Å². The van der Waals surface area contributed by atoms with E-state index < -0.39 is 4.92 Å². The summed E-state index contributed by atoms with van der Waals surface area (Å²) < 4.78 is 5.33. The van der Waals surface area contributed by atoms with Crippen LogP contribution < -0.4 is 10.1 Å². The van der Waals surface area contributed by atoms with Gasteiger partial charge in [0, 0.05) is 17.8 Å². The van der Waals surface area contributed by atoms with Crippen molar-refractivity contribution in [1.82, 2.24) is 0 Å². The molecule has 126 valence electrons. The van der Waals surface area contributed by atoms with E-state index in [1.54, 1.807) is 6.07 Å². The average Bonchev–Trinajstić information content (AvgIpc) is 2.60.